The summed E-state index contributed by atoms with van der Waals surface area (Å²) in [6.45, 7) is 3.40. The van der Waals surface area contributed by atoms with E-state index in [-0.39, 0.29) is 41.5 Å². The van der Waals surface area contributed by atoms with Crippen LogP contribution in [0.2, 0.25) is 10.0 Å². The van der Waals surface area contributed by atoms with E-state index in [2.05, 4.69) is 0 Å². The van der Waals surface area contributed by atoms with E-state index in [1.165, 1.54) is 32.9 Å². The van der Waals surface area contributed by atoms with E-state index >= 15 is 0 Å². The van der Waals surface area contributed by atoms with Gasteiger partial charge in [-0.05, 0) is 36.4 Å². The Kier molecular flexibility index (Phi) is 12.5. The molecule has 0 saturated heterocycles. The molecule has 3 atom stereocenters. The second-order valence-electron chi connectivity index (χ2n) is 7.50. The van der Waals surface area contributed by atoms with E-state index in [0.29, 0.717) is 15.5 Å². The minimum absolute atomic E-state index is 0.0668. The maximum absolute atomic E-state index is 13.1. The summed E-state index contributed by atoms with van der Waals surface area (Å²) in [7, 11) is -1.63. The molecule has 0 spiro atoms. The highest BCUT2D eigenvalue weighted by molar-refractivity contribution is 7.85. The SMILES string of the molecule is CC(=O)OCC(COc1c(Cl)cc(S(=O)c2ccc(OCC(CCl)OC(C)=O)cc2)cc1Cl)OC(C)=O. The Labute approximate surface area is 231 Å². The van der Waals surface area contributed by atoms with Crippen molar-refractivity contribution in [2.24, 2.45) is 0 Å². The predicted octanol–water partition coefficient (Wildman–Crippen LogP) is 4.58. The number of hydrogen-bond acceptors (Lipinski definition) is 9. The summed E-state index contributed by atoms with van der Waals surface area (Å²) in [5.41, 5.74) is 0. The van der Waals surface area contributed by atoms with Gasteiger partial charge in [-0.2, -0.15) is 0 Å². The monoisotopic (exact) mass is 594 g/mol. The van der Waals surface area contributed by atoms with E-state index in [1.54, 1.807) is 24.3 Å². The standard InChI is InChI=1S/C24H25Cl3O9S/c1-14(28)32-12-19(36-16(3)30)13-34-24-22(26)8-21(9-23(24)27)37(31)20-6-4-17(5-7-20)33-11-18(10-25)35-15(2)29/h4-9,18-19H,10-13H2,1-3H3. The molecule has 13 heteroatoms. The number of alkyl halides is 1. The zero-order chi connectivity index (χ0) is 27.5. The molecule has 0 saturated carbocycles. The van der Waals surface area contributed by atoms with Gasteiger partial charge in [-0.3, -0.25) is 14.4 Å². The van der Waals surface area contributed by atoms with Crippen LogP contribution in [0.3, 0.4) is 0 Å². The molecular formula is C24H25Cl3O9S. The van der Waals surface area contributed by atoms with Gasteiger partial charge in [-0.15, -0.1) is 11.6 Å². The van der Waals surface area contributed by atoms with E-state index < -0.39 is 40.9 Å². The van der Waals surface area contributed by atoms with Gasteiger partial charge in [0.2, 0.25) is 0 Å². The Balaban J connectivity index is 2.07. The summed E-state index contributed by atoms with van der Waals surface area (Å²) < 4.78 is 39.2. The minimum Gasteiger partial charge on any atom is -0.490 e. The molecule has 0 aromatic heterocycles. The van der Waals surface area contributed by atoms with E-state index in [4.69, 9.17) is 58.5 Å². The fourth-order valence-electron chi connectivity index (χ4n) is 2.85. The van der Waals surface area contributed by atoms with Gasteiger partial charge in [0.15, 0.2) is 11.9 Å². The van der Waals surface area contributed by atoms with Crippen molar-refractivity contribution in [3.63, 3.8) is 0 Å². The van der Waals surface area contributed by atoms with Gasteiger partial charge in [-0.1, -0.05) is 23.2 Å². The average molecular weight is 596 g/mol. The predicted molar refractivity (Wildman–Crippen MR) is 137 cm³/mol. The molecule has 0 aliphatic carbocycles. The zero-order valence-corrected chi connectivity index (χ0v) is 23.2. The largest absolute Gasteiger partial charge is 0.490 e. The summed E-state index contributed by atoms with van der Waals surface area (Å²) >= 11 is 18.4. The van der Waals surface area contributed by atoms with Crippen LogP contribution in [0.1, 0.15) is 20.8 Å². The summed E-state index contributed by atoms with van der Waals surface area (Å²) in [6.07, 6.45) is -1.47. The molecule has 0 heterocycles. The first kappa shape index (κ1) is 30.7. The maximum atomic E-state index is 13.1. The number of rotatable bonds is 13. The van der Waals surface area contributed by atoms with Gasteiger partial charge in [0.05, 0.1) is 26.7 Å². The van der Waals surface area contributed by atoms with Gasteiger partial charge in [0.1, 0.15) is 31.7 Å². The number of hydrogen-bond donors (Lipinski definition) is 0. The molecule has 2 aromatic rings. The Morgan fingerprint density at radius 1 is 0.784 bits per heavy atom. The normalized spacial score (nSPS) is 13.1. The first-order chi connectivity index (χ1) is 17.5. The number of halogens is 3. The van der Waals surface area contributed by atoms with Crippen molar-refractivity contribution in [1.29, 1.82) is 0 Å². The second-order valence-corrected chi connectivity index (χ2v) is 10.1. The molecule has 0 amide bonds. The number of carbonyl (C=O) groups excluding carboxylic acids is 3. The van der Waals surface area contributed by atoms with Crippen LogP contribution in [-0.2, 0) is 39.4 Å². The number of ether oxygens (including phenoxy) is 5. The summed E-state index contributed by atoms with van der Waals surface area (Å²) in [5.74, 6) is -0.933. The van der Waals surface area contributed by atoms with Crippen molar-refractivity contribution in [2.75, 3.05) is 25.7 Å². The molecule has 9 nitrogen and oxygen atoms in total. The van der Waals surface area contributed by atoms with E-state index in [1.807, 2.05) is 0 Å². The Hall–Kier alpha value is -2.53. The number of esters is 3. The van der Waals surface area contributed by atoms with Crippen molar-refractivity contribution < 1.29 is 42.3 Å². The van der Waals surface area contributed by atoms with Crippen LogP contribution < -0.4 is 9.47 Å². The van der Waals surface area contributed by atoms with Crippen LogP contribution in [0.15, 0.2) is 46.2 Å². The van der Waals surface area contributed by atoms with Gasteiger partial charge >= 0.3 is 17.9 Å². The third-order valence-corrected chi connectivity index (χ3v) is 6.65. The Bertz CT molecular complexity index is 1100. The summed E-state index contributed by atoms with van der Waals surface area (Å²) in [4.78, 5) is 34.2. The molecule has 0 aliphatic heterocycles. The molecule has 0 bridgehead atoms. The fourth-order valence-corrected chi connectivity index (χ4v) is 4.83. The van der Waals surface area contributed by atoms with Crippen LogP contribution in [0.4, 0.5) is 0 Å². The molecule has 2 rings (SSSR count). The third kappa shape index (κ3) is 10.4. The van der Waals surface area contributed by atoms with Crippen molar-refractivity contribution in [1.82, 2.24) is 0 Å². The highest BCUT2D eigenvalue weighted by atomic mass is 35.5. The van der Waals surface area contributed by atoms with Crippen LogP contribution in [0, 0.1) is 0 Å². The minimum atomic E-state index is -1.63. The molecule has 3 unspecified atom stereocenters. The quantitative estimate of drug-likeness (QED) is 0.186. The first-order valence-corrected chi connectivity index (χ1v) is 13.2. The van der Waals surface area contributed by atoms with E-state index in [9.17, 15) is 18.6 Å². The highest BCUT2D eigenvalue weighted by Crippen LogP contribution is 2.36. The lowest BCUT2D eigenvalue weighted by Gasteiger charge is -2.18. The molecule has 0 aliphatic rings. The van der Waals surface area contributed by atoms with Crippen LogP contribution in [-0.4, -0.2) is 60.0 Å². The molecule has 2 aromatic carbocycles. The Morgan fingerprint density at radius 3 is 1.84 bits per heavy atom. The lowest BCUT2D eigenvalue weighted by Crippen LogP contribution is -2.30. The molecule has 0 radical (unpaired) electrons. The number of benzene rings is 2. The second kappa shape index (κ2) is 15.0. The number of carbonyl (C=O) groups is 3. The topological polar surface area (TPSA) is 114 Å². The van der Waals surface area contributed by atoms with Crippen molar-refractivity contribution in [3.8, 4) is 11.5 Å². The Morgan fingerprint density at radius 2 is 1.32 bits per heavy atom. The van der Waals surface area contributed by atoms with Gasteiger partial charge in [-0.25, -0.2) is 4.21 Å². The first-order valence-electron chi connectivity index (χ1n) is 10.8. The molecule has 202 valence electrons. The smallest absolute Gasteiger partial charge is 0.303 e. The average Bonchev–Trinajstić information content (AvgIpc) is 2.83. The fraction of sp³-hybridized carbons (Fsp3) is 0.375. The van der Waals surface area contributed by atoms with Crippen LogP contribution in [0.5, 0.6) is 11.5 Å². The molecule has 0 N–H and O–H groups in total. The van der Waals surface area contributed by atoms with Gasteiger partial charge in [0, 0.05) is 30.6 Å². The lowest BCUT2D eigenvalue weighted by molar-refractivity contribution is -0.158. The molecular weight excluding hydrogens is 571 g/mol. The van der Waals surface area contributed by atoms with Gasteiger partial charge < -0.3 is 23.7 Å². The van der Waals surface area contributed by atoms with Crippen LogP contribution in [0.25, 0.3) is 0 Å². The van der Waals surface area contributed by atoms with E-state index in [0.717, 1.165) is 0 Å². The summed E-state index contributed by atoms with van der Waals surface area (Å²) in [5, 5.41) is 0.171. The van der Waals surface area contributed by atoms with Crippen molar-refractivity contribution in [3.05, 3.63) is 46.4 Å². The molecule has 0 fully saturated rings. The maximum Gasteiger partial charge on any atom is 0.303 e. The third-order valence-electron chi connectivity index (χ3n) is 4.38. The van der Waals surface area contributed by atoms with Gasteiger partial charge in [0.25, 0.3) is 0 Å². The summed E-state index contributed by atoms with van der Waals surface area (Å²) in [6, 6.07) is 9.34. The highest BCUT2D eigenvalue weighted by Gasteiger charge is 2.20. The van der Waals surface area contributed by atoms with Crippen molar-refractivity contribution in [2.45, 2.75) is 42.8 Å². The molecule has 37 heavy (non-hydrogen) atoms. The van der Waals surface area contributed by atoms with Crippen molar-refractivity contribution >= 4 is 63.5 Å². The zero-order valence-electron chi connectivity index (χ0n) is 20.2. The lowest BCUT2D eigenvalue weighted by atomic mass is 10.3. The van der Waals surface area contributed by atoms with Crippen LogP contribution >= 0.6 is 34.8 Å².